The minimum Gasteiger partial charge on any atom is -0.444 e. The van der Waals surface area contributed by atoms with Crippen LogP contribution in [0.25, 0.3) is 0 Å². The van der Waals surface area contributed by atoms with Gasteiger partial charge in [0.2, 0.25) is 11.8 Å². The molecule has 4 unspecified atom stereocenters. The fourth-order valence-corrected chi connectivity index (χ4v) is 4.85. The van der Waals surface area contributed by atoms with Gasteiger partial charge in [-0.1, -0.05) is 55.3 Å². The number of amides is 3. The van der Waals surface area contributed by atoms with E-state index in [1.807, 2.05) is 36.6 Å². The first-order valence-electron chi connectivity index (χ1n) is 13.2. The Morgan fingerprint density at radius 2 is 1.77 bits per heavy atom. The van der Waals surface area contributed by atoms with E-state index >= 15 is 0 Å². The summed E-state index contributed by atoms with van der Waals surface area (Å²) in [7, 11) is 0. The molecule has 3 rings (SSSR count). The number of alkyl carbamates (subject to hydrolysis) is 1. The molecule has 4 atom stereocenters. The summed E-state index contributed by atoms with van der Waals surface area (Å²) in [6, 6.07) is 14.9. The zero-order chi connectivity index (χ0) is 28.6. The van der Waals surface area contributed by atoms with Gasteiger partial charge in [-0.3, -0.25) is 9.59 Å². The Balaban J connectivity index is 1.96. The molecular formula is C31H39N3O4S. The second-order valence-corrected chi connectivity index (χ2v) is 11.9. The Hall–Kier alpha value is -3.44. The third-order valence-electron chi connectivity index (χ3n) is 6.51. The Labute approximate surface area is 236 Å². The first-order valence-corrected chi connectivity index (χ1v) is 14.6. The van der Waals surface area contributed by atoms with Crippen LogP contribution in [0.5, 0.6) is 0 Å². The van der Waals surface area contributed by atoms with Crippen LogP contribution in [0.4, 0.5) is 4.79 Å². The number of terminal acetylenes is 1. The van der Waals surface area contributed by atoms with Gasteiger partial charge in [-0.05, 0) is 74.8 Å². The van der Waals surface area contributed by atoms with E-state index in [0.29, 0.717) is 29.8 Å². The van der Waals surface area contributed by atoms with Gasteiger partial charge in [0.1, 0.15) is 17.7 Å². The van der Waals surface area contributed by atoms with Gasteiger partial charge in [-0.2, -0.15) is 11.8 Å². The normalized spacial score (nSPS) is 17.7. The number of nitrogens with one attached hydrogen (secondary N) is 2. The van der Waals surface area contributed by atoms with Crippen molar-refractivity contribution in [3.8, 4) is 12.3 Å². The van der Waals surface area contributed by atoms with Gasteiger partial charge in [0.25, 0.3) is 0 Å². The van der Waals surface area contributed by atoms with Crippen LogP contribution in [-0.2, 0) is 20.9 Å². The molecule has 0 saturated heterocycles. The molecule has 0 spiro atoms. The minimum atomic E-state index is -0.889. The van der Waals surface area contributed by atoms with E-state index in [4.69, 9.17) is 11.2 Å². The van der Waals surface area contributed by atoms with Crippen molar-refractivity contribution in [3.63, 3.8) is 0 Å². The number of benzene rings is 2. The molecule has 1 aliphatic carbocycles. The molecule has 2 aromatic rings. The summed E-state index contributed by atoms with van der Waals surface area (Å²) in [6.07, 6.45) is 8.03. The van der Waals surface area contributed by atoms with Gasteiger partial charge in [-0.15, -0.1) is 6.42 Å². The highest BCUT2D eigenvalue weighted by Crippen LogP contribution is 2.41. The summed E-state index contributed by atoms with van der Waals surface area (Å²) in [5.74, 6) is 2.89. The monoisotopic (exact) mass is 549 g/mol. The predicted molar refractivity (Wildman–Crippen MR) is 156 cm³/mol. The summed E-state index contributed by atoms with van der Waals surface area (Å²) in [5, 5.41) is 5.81. The Morgan fingerprint density at radius 3 is 2.31 bits per heavy atom. The number of hydrogen-bond donors (Lipinski definition) is 2. The number of thioether (sulfide) groups is 1. The van der Waals surface area contributed by atoms with E-state index in [9.17, 15) is 14.4 Å². The number of carbonyl (C=O) groups is 3. The summed E-state index contributed by atoms with van der Waals surface area (Å²) in [5.41, 5.74) is 1.59. The number of carbonyl (C=O) groups excluding carboxylic acids is 3. The van der Waals surface area contributed by atoms with Crippen LogP contribution in [0.2, 0.25) is 0 Å². The second-order valence-electron chi connectivity index (χ2n) is 10.9. The first kappa shape index (κ1) is 30.1. The van der Waals surface area contributed by atoms with Crippen molar-refractivity contribution >= 4 is 29.7 Å². The number of nitrogens with zero attached hydrogens (tertiary/aromatic N) is 1. The molecule has 3 amide bonds. The lowest BCUT2D eigenvalue weighted by atomic mass is 10.00. The molecule has 0 heterocycles. The van der Waals surface area contributed by atoms with Crippen LogP contribution in [0.3, 0.4) is 0 Å². The Bertz CT molecular complexity index is 1170. The topological polar surface area (TPSA) is 87.7 Å². The van der Waals surface area contributed by atoms with Crippen LogP contribution in [0, 0.1) is 18.3 Å². The van der Waals surface area contributed by atoms with Crippen molar-refractivity contribution in [2.75, 3.05) is 12.0 Å². The van der Waals surface area contributed by atoms with E-state index in [0.717, 1.165) is 12.0 Å². The molecule has 8 heteroatoms. The molecule has 1 aliphatic rings. The van der Waals surface area contributed by atoms with Crippen LogP contribution in [0.1, 0.15) is 63.3 Å². The molecule has 7 nitrogen and oxygen atoms in total. The van der Waals surface area contributed by atoms with Gasteiger partial charge < -0.3 is 20.3 Å². The maximum absolute atomic E-state index is 14.2. The van der Waals surface area contributed by atoms with Crippen molar-refractivity contribution in [2.24, 2.45) is 5.92 Å². The maximum Gasteiger partial charge on any atom is 0.408 e. The smallest absolute Gasteiger partial charge is 0.408 e. The van der Waals surface area contributed by atoms with Gasteiger partial charge in [-0.25, -0.2) is 4.79 Å². The third-order valence-corrected chi connectivity index (χ3v) is 7.15. The lowest BCUT2D eigenvalue weighted by Crippen LogP contribution is -2.54. The van der Waals surface area contributed by atoms with E-state index in [-0.39, 0.29) is 23.8 Å². The summed E-state index contributed by atoms with van der Waals surface area (Å²) in [4.78, 5) is 42.4. The summed E-state index contributed by atoms with van der Waals surface area (Å²) in [6.45, 7) is 7.71. The molecule has 208 valence electrons. The quantitative estimate of drug-likeness (QED) is 0.389. The lowest BCUT2D eigenvalue weighted by molar-refractivity contribution is -0.143. The van der Waals surface area contributed by atoms with Crippen molar-refractivity contribution in [2.45, 2.75) is 70.8 Å². The van der Waals surface area contributed by atoms with Crippen molar-refractivity contribution in [1.29, 1.82) is 0 Å². The highest BCUT2D eigenvalue weighted by atomic mass is 32.2. The van der Waals surface area contributed by atoms with E-state index in [1.54, 1.807) is 61.7 Å². The molecule has 0 aromatic heterocycles. The predicted octanol–water partition coefficient (Wildman–Crippen LogP) is 4.91. The summed E-state index contributed by atoms with van der Waals surface area (Å²) >= 11 is 1.58. The van der Waals surface area contributed by atoms with Gasteiger partial charge >= 0.3 is 6.09 Å². The standard InChI is InChI=1S/C31H39N3O4S/c1-7-22-13-15-24(16-14-22)27(28(35)32-20-23-11-9-8-10-12-23)34(26-19-21(26)2)29(36)25(17-18-39-6)33-30(37)38-31(3,4)5/h1,8-16,21,25-27H,17-20H2,2-6H3,(H,32,35)(H,33,37). The Morgan fingerprint density at radius 1 is 1.13 bits per heavy atom. The zero-order valence-electron chi connectivity index (χ0n) is 23.4. The SMILES string of the molecule is C#Cc1ccc(C(C(=O)NCc2ccccc2)N(C(=O)C(CCSC)NC(=O)OC(C)(C)C)C2CC2C)cc1. The highest BCUT2D eigenvalue weighted by Gasteiger charge is 2.48. The molecule has 39 heavy (non-hydrogen) atoms. The number of rotatable bonds is 11. The number of hydrogen-bond acceptors (Lipinski definition) is 5. The van der Waals surface area contributed by atoms with Gasteiger partial charge in [0, 0.05) is 18.2 Å². The molecule has 0 aliphatic heterocycles. The van der Waals surface area contributed by atoms with Crippen LogP contribution >= 0.6 is 11.8 Å². The fourth-order valence-electron chi connectivity index (χ4n) is 4.38. The van der Waals surface area contributed by atoms with E-state index in [2.05, 4.69) is 23.5 Å². The van der Waals surface area contributed by atoms with Crippen molar-refractivity contribution in [3.05, 3.63) is 71.3 Å². The fraction of sp³-hybridized carbons (Fsp3) is 0.452. The minimum absolute atomic E-state index is 0.130. The van der Waals surface area contributed by atoms with Gasteiger partial charge in [0.15, 0.2) is 0 Å². The van der Waals surface area contributed by atoms with Gasteiger partial charge in [0.05, 0.1) is 0 Å². The Kier molecular flexibility index (Phi) is 10.5. The van der Waals surface area contributed by atoms with Crippen LogP contribution in [-0.4, -0.2) is 52.5 Å². The average Bonchev–Trinajstić information content (AvgIpc) is 3.63. The molecule has 2 aromatic carbocycles. The van der Waals surface area contributed by atoms with Crippen LogP contribution < -0.4 is 10.6 Å². The lowest BCUT2D eigenvalue weighted by Gasteiger charge is -2.35. The molecule has 1 fully saturated rings. The van der Waals surface area contributed by atoms with Crippen LogP contribution in [0.15, 0.2) is 54.6 Å². The summed E-state index contributed by atoms with van der Waals surface area (Å²) < 4.78 is 5.46. The molecule has 1 saturated carbocycles. The maximum atomic E-state index is 14.2. The molecule has 0 bridgehead atoms. The van der Waals surface area contributed by atoms with Crippen molar-refractivity contribution in [1.82, 2.24) is 15.5 Å². The highest BCUT2D eigenvalue weighted by molar-refractivity contribution is 7.98. The van der Waals surface area contributed by atoms with E-state index in [1.165, 1.54) is 0 Å². The average molecular weight is 550 g/mol. The number of ether oxygens (including phenoxy) is 1. The first-order chi connectivity index (χ1) is 18.5. The largest absolute Gasteiger partial charge is 0.444 e. The molecule has 0 radical (unpaired) electrons. The second kappa shape index (κ2) is 13.6. The van der Waals surface area contributed by atoms with E-state index < -0.39 is 23.8 Å². The molecule has 2 N–H and O–H groups in total. The van der Waals surface area contributed by atoms with Crippen molar-refractivity contribution < 1.29 is 19.1 Å². The molecular weight excluding hydrogens is 510 g/mol. The third kappa shape index (κ3) is 8.79. The zero-order valence-corrected chi connectivity index (χ0v) is 24.2.